The summed E-state index contributed by atoms with van der Waals surface area (Å²) in [4.78, 5) is 36.1. The summed E-state index contributed by atoms with van der Waals surface area (Å²) < 4.78 is 0. The first kappa shape index (κ1) is 24.6. The normalized spacial score (nSPS) is 11.8. The molecule has 3 amide bonds. The van der Waals surface area contributed by atoms with Gasteiger partial charge in [-0.3, -0.25) is 14.8 Å². The fraction of sp³-hybridized carbons (Fsp3) is 0.185. The van der Waals surface area contributed by atoms with Crippen LogP contribution in [0.5, 0.6) is 0 Å². The molecule has 0 saturated carbocycles. The van der Waals surface area contributed by atoms with Gasteiger partial charge in [0.2, 0.25) is 0 Å². The van der Waals surface area contributed by atoms with Gasteiger partial charge in [-0.1, -0.05) is 24.3 Å². The van der Waals surface area contributed by atoms with Gasteiger partial charge in [-0.25, -0.2) is 4.79 Å². The van der Waals surface area contributed by atoms with Crippen molar-refractivity contribution in [2.75, 3.05) is 37.0 Å². The van der Waals surface area contributed by atoms with Crippen molar-refractivity contribution in [3.63, 3.8) is 0 Å². The third-order valence-electron chi connectivity index (χ3n) is 5.66. The Morgan fingerprint density at radius 1 is 0.972 bits per heavy atom. The first-order valence-electron chi connectivity index (χ1n) is 11.6. The van der Waals surface area contributed by atoms with Gasteiger partial charge in [0.15, 0.2) is 0 Å². The third kappa shape index (κ3) is 6.34. The van der Waals surface area contributed by atoms with Crippen molar-refractivity contribution in [2.45, 2.75) is 12.5 Å². The SMILES string of the molecule is CN(C)CCC(NC(=O)Nc1ccc2ncccc2c1)c1ccc(C(=O)Nc2ccccc2N)nc1. The van der Waals surface area contributed by atoms with E-state index in [0.29, 0.717) is 23.5 Å². The summed E-state index contributed by atoms with van der Waals surface area (Å²) in [5.41, 5.74) is 9.49. The van der Waals surface area contributed by atoms with Crippen LogP contribution in [0, 0.1) is 0 Å². The molecule has 0 saturated heterocycles. The molecule has 36 heavy (non-hydrogen) atoms. The number of hydrogen-bond donors (Lipinski definition) is 4. The van der Waals surface area contributed by atoms with Crippen LogP contribution in [0.4, 0.5) is 21.9 Å². The number of nitrogens with one attached hydrogen (secondary N) is 3. The zero-order chi connectivity index (χ0) is 25.5. The number of urea groups is 1. The number of nitrogens with two attached hydrogens (primary N) is 1. The Hall–Kier alpha value is -4.50. The van der Waals surface area contributed by atoms with Gasteiger partial charge >= 0.3 is 6.03 Å². The molecule has 0 bridgehead atoms. The lowest BCUT2D eigenvalue weighted by Crippen LogP contribution is -2.34. The van der Waals surface area contributed by atoms with Gasteiger partial charge in [0.05, 0.1) is 22.9 Å². The molecule has 2 heterocycles. The second kappa shape index (κ2) is 11.3. The number of carbonyl (C=O) groups excluding carboxylic acids is 2. The Bertz CT molecular complexity index is 1360. The third-order valence-corrected chi connectivity index (χ3v) is 5.66. The Balaban J connectivity index is 1.45. The maximum Gasteiger partial charge on any atom is 0.319 e. The molecule has 0 aliphatic carbocycles. The van der Waals surface area contributed by atoms with E-state index in [2.05, 4.69) is 25.9 Å². The van der Waals surface area contributed by atoms with Crippen LogP contribution in [0.3, 0.4) is 0 Å². The Labute approximate surface area is 209 Å². The summed E-state index contributed by atoms with van der Waals surface area (Å²) in [6.07, 6.45) is 4.01. The number of rotatable bonds is 8. The minimum Gasteiger partial charge on any atom is -0.397 e. The number of benzene rings is 2. The van der Waals surface area contributed by atoms with E-state index < -0.39 is 0 Å². The number of nitrogens with zero attached hydrogens (tertiary/aromatic N) is 3. The number of carbonyl (C=O) groups is 2. The molecule has 1 unspecified atom stereocenters. The number of nitrogen functional groups attached to an aromatic ring is 1. The number of para-hydroxylation sites is 2. The molecule has 0 spiro atoms. The molecule has 9 heteroatoms. The first-order chi connectivity index (χ1) is 17.4. The number of hydrogen-bond acceptors (Lipinski definition) is 6. The highest BCUT2D eigenvalue weighted by Crippen LogP contribution is 2.21. The molecule has 4 aromatic rings. The average Bonchev–Trinajstić information content (AvgIpc) is 2.88. The summed E-state index contributed by atoms with van der Waals surface area (Å²) in [5, 5.41) is 9.64. The van der Waals surface area contributed by atoms with Crippen LogP contribution in [-0.2, 0) is 0 Å². The van der Waals surface area contributed by atoms with E-state index in [0.717, 1.165) is 23.0 Å². The maximum absolute atomic E-state index is 12.8. The van der Waals surface area contributed by atoms with Crippen molar-refractivity contribution < 1.29 is 9.59 Å². The van der Waals surface area contributed by atoms with Gasteiger partial charge in [0, 0.05) is 23.5 Å². The zero-order valence-corrected chi connectivity index (χ0v) is 20.2. The maximum atomic E-state index is 12.8. The Morgan fingerprint density at radius 2 is 1.81 bits per heavy atom. The minimum atomic E-state index is -0.360. The summed E-state index contributed by atoms with van der Waals surface area (Å²) in [7, 11) is 3.95. The molecular formula is C27H29N7O2. The van der Waals surface area contributed by atoms with Crippen LogP contribution in [-0.4, -0.2) is 47.4 Å². The highest BCUT2D eigenvalue weighted by molar-refractivity contribution is 6.04. The van der Waals surface area contributed by atoms with Crippen LogP contribution in [0.25, 0.3) is 10.9 Å². The smallest absolute Gasteiger partial charge is 0.319 e. The van der Waals surface area contributed by atoms with Crippen LogP contribution < -0.4 is 21.7 Å². The van der Waals surface area contributed by atoms with Crippen molar-refractivity contribution in [1.82, 2.24) is 20.2 Å². The molecule has 0 fully saturated rings. The van der Waals surface area contributed by atoms with E-state index in [1.165, 1.54) is 0 Å². The lowest BCUT2D eigenvalue weighted by Gasteiger charge is -2.21. The predicted molar refractivity (Wildman–Crippen MR) is 143 cm³/mol. The fourth-order valence-electron chi connectivity index (χ4n) is 3.73. The second-order valence-electron chi connectivity index (χ2n) is 8.67. The summed E-state index contributed by atoms with van der Waals surface area (Å²) in [6, 6.07) is 19.2. The van der Waals surface area contributed by atoms with Gasteiger partial charge in [0.1, 0.15) is 5.69 Å². The number of amides is 3. The van der Waals surface area contributed by atoms with Crippen LogP contribution >= 0.6 is 0 Å². The van der Waals surface area contributed by atoms with E-state index in [9.17, 15) is 9.59 Å². The molecule has 0 aliphatic heterocycles. The molecular weight excluding hydrogens is 454 g/mol. The largest absolute Gasteiger partial charge is 0.397 e. The van der Waals surface area contributed by atoms with Gasteiger partial charge < -0.3 is 26.6 Å². The second-order valence-corrected chi connectivity index (χ2v) is 8.67. The van der Waals surface area contributed by atoms with E-state index in [1.54, 1.807) is 48.8 Å². The summed E-state index contributed by atoms with van der Waals surface area (Å²) >= 11 is 0. The molecule has 184 valence electrons. The van der Waals surface area contributed by atoms with Gasteiger partial charge in [-0.15, -0.1) is 0 Å². The molecule has 9 nitrogen and oxygen atoms in total. The van der Waals surface area contributed by atoms with E-state index >= 15 is 0 Å². The standard InChI is InChI=1S/C27H29N7O2/c1-34(2)15-13-23(33-27(36)31-20-10-12-22-18(16-20)6-5-14-29-22)19-9-11-25(30-17-19)26(35)32-24-8-4-3-7-21(24)28/h3-12,14,16-17,23H,13,15,28H2,1-2H3,(H,32,35)(H2,31,33,36). The highest BCUT2D eigenvalue weighted by atomic mass is 16.2. The molecule has 0 aliphatic rings. The lowest BCUT2D eigenvalue weighted by molar-refractivity contribution is 0.102. The molecule has 1 atom stereocenters. The van der Waals surface area contributed by atoms with Gasteiger partial charge in [-0.05, 0) is 75.1 Å². The number of anilines is 3. The first-order valence-corrected chi connectivity index (χ1v) is 11.6. The van der Waals surface area contributed by atoms with Crippen LogP contribution in [0.2, 0.25) is 0 Å². The van der Waals surface area contributed by atoms with E-state index in [-0.39, 0.29) is 23.7 Å². The van der Waals surface area contributed by atoms with Crippen LogP contribution in [0.15, 0.2) is 79.1 Å². The van der Waals surface area contributed by atoms with Crippen LogP contribution in [0.1, 0.15) is 28.5 Å². The number of fused-ring (bicyclic) bond motifs is 1. The van der Waals surface area contributed by atoms with E-state index in [4.69, 9.17) is 5.73 Å². The lowest BCUT2D eigenvalue weighted by atomic mass is 10.1. The van der Waals surface area contributed by atoms with Gasteiger partial charge in [0.25, 0.3) is 5.91 Å². The van der Waals surface area contributed by atoms with Crippen molar-refractivity contribution in [2.24, 2.45) is 0 Å². The van der Waals surface area contributed by atoms with Crippen molar-refractivity contribution in [3.8, 4) is 0 Å². The average molecular weight is 484 g/mol. The van der Waals surface area contributed by atoms with Crippen molar-refractivity contribution in [3.05, 3.63) is 90.4 Å². The Morgan fingerprint density at radius 3 is 2.56 bits per heavy atom. The molecule has 2 aromatic heterocycles. The van der Waals surface area contributed by atoms with Gasteiger partial charge in [-0.2, -0.15) is 0 Å². The monoisotopic (exact) mass is 483 g/mol. The Kier molecular flexibility index (Phi) is 7.72. The quantitative estimate of drug-likeness (QED) is 0.277. The minimum absolute atomic E-state index is 0.252. The zero-order valence-electron chi connectivity index (χ0n) is 20.2. The number of aromatic nitrogens is 2. The highest BCUT2D eigenvalue weighted by Gasteiger charge is 2.17. The topological polar surface area (TPSA) is 125 Å². The molecule has 4 rings (SSSR count). The predicted octanol–water partition coefficient (Wildman–Crippen LogP) is 4.28. The number of pyridine rings is 2. The summed E-state index contributed by atoms with van der Waals surface area (Å²) in [6.45, 7) is 0.752. The van der Waals surface area contributed by atoms with Crippen molar-refractivity contribution >= 4 is 39.9 Å². The molecule has 0 radical (unpaired) electrons. The van der Waals surface area contributed by atoms with Crippen molar-refractivity contribution in [1.29, 1.82) is 0 Å². The summed E-state index contributed by atoms with van der Waals surface area (Å²) in [5.74, 6) is -0.360. The fourth-order valence-corrected chi connectivity index (χ4v) is 3.73. The molecule has 2 aromatic carbocycles. The molecule has 5 N–H and O–H groups in total. The van der Waals surface area contributed by atoms with E-state index in [1.807, 2.05) is 49.3 Å².